The minimum absolute atomic E-state index is 0.248. The Balaban J connectivity index is 1.83. The van der Waals surface area contributed by atoms with Crippen LogP contribution in [-0.2, 0) is 11.3 Å². The normalized spacial score (nSPS) is 10.7. The first kappa shape index (κ1) is 14.6. The number of hydrogen-bond acceptors (Lipinski definition) is 4. The van der Waals surface area contributed by atoms with E-state index in [1.807, 2.05) is 5.38 Å². The van der Waals surface area contributed by atoms with Gasteiger partial charge in [0.25, 0.3) is 0 Å². The van der Waals surface area contributed by atoms with Crippen LogP contribution in [0.1, 0.15) is 18.5 Å². The molecule has 0 saturated heterocycles. The zero-order valence-electron chi connectivity index (χ0n) is 10.9. The Morgan fingerprint density at radius 1 is 1.35 bits per heavy atom. The van der Waals surface area contributed by atoms with Crippen LogP contribution in [0, 0.1) is 5.82 Å². The smallest absolute Gasteiger partial charge is 0.217 e. The molecule has 0 unspecified atom stereocenters. The minimum Gasteiger partial charge on any atom is -0.370 e. The molecule has 0 radical (unpaired) electrons. The average molecular weight is 293 g/mol. The van der Waals surface area contributed by atoms with Crippen molar-refractivity contribution in [3.05, 3.63) is 41.2 Å². The molecule has 0 aliphatic heterocycles. The molecule has 0 atom stereocenters. The van der Waals surface area contributed by atoms with Gasteiger partial charge in [0.2, 0.25) is 5.91 Å². The van der Waals surface area contributed by atoms with E-state index in [1.165, 1.54) is 23.5 Å². The fraction of sp³-hybridized carbons (Fsp3) is 0.286. The Bertz CT molecular complexity index is 568. The molecule has 6 heteroatoms. The number of carbonyl (C=O) groups is 1. The van der Waals surface area contributed by atoms with E-state index in [9.17, 15) is 9.18 Å². The molecule has 4 nitrogen and oxygen atoms in total. The molecule has 1 aromatic heterocycles. The molecular weight excluding hydrogens is 277 g/mol. The highest BCUT2D eigenvalue weighted by molar-refractivity contribution is 7.13. The summed E-state index contributed by atoms with van der Waals surface area (Å²) in [5.74, 6) is -0.527. The number of carbonyl (C=O) groups excluding carboxylic acids is 1. The van der Waals surface area contributed by atoms with Gasteiger partial charge in [0.15, 0.2) is 0 Å². The standard InChI is InChI=1S/C14H16FN3OS/c15-11-5-3-10(4-6-11)14-18-12(9-20-14)8-17-7-1-2-13(16)19/h3-6,9,17H,1-2,7-8H2,(H2,16,19). The van der Waals surface area contributed by atoms with Gasteiger partial charge in [-0.1, -0.05) is 0 Å². The van der Waals surface area contributed by atoms with E-state index >= 15 is 0 Å². The number of hydrogen-bond donors (Lipinski definition) is 2. The van der Waals surface area contributed by atoms with Gasteiger partial charge in [0.1, 0.15) is 10.8 Å². The van der Waals surface area contributed by atoms with Crippen molar-refractivity contribution in [2.75, 3.05) is 6.54 Å². The summed E-state index contributed by atoms with van der Waals surface area (Å²) in [6.07, 6.45) is 1.12. The predicted molar refractivity (Wildman–Crippen MR) is 77.6 cm³/mol. The van der Waals surface area contributed by atoms with Crippen LogP contribution in [0.15, 0.2) is 29.6 Å². The first-order valence-electron chi connectivity index (χ1n) is 6.34. The van der Waals surface area contributed by atoms with Crippen LogP contribution in [-0.4, -0.2) is 17.4 Å². The van der Waals surface area contributed by atoms with Crippen LogP contribution in [0.2, 0.25) is 0 Å². The van der Waals surface area contributed by atoms with Crippen molar-refractivity contribution in [1.29, 1.82) is 0 Å². The first-order valence-corrected chi connectivity index (χ1v) is 7.22. The number of nitrogens with two attached hydrogens (primary N) is 1. The summed E-state index contributed by atoms with van der Waals surface area (Å²) in [5, 5.41) is 6.05. The lowest BCUT2D eigenvalue weighted by Gasteiger charge is -2.01. The van der Waals surface area contributed by atoms with Crippen molar-refractivity contribution in [3.63, 3.8) is 0 Å². The molecule has 0 saturated carbocycles. The van der Waals surface area contributed by atoms with Gasteiger partial charge in [-0.05, 0) is 37.2 Å². The molecule has 0 aliphatic rings. The van der Waals surface area contributed by atoms with Crippen LogP contribution < -0.4 is 11.1 Å². The molecular formula is C14H16FN3OS. The number of halogens is 1. The Hall–Kier alpha value is -1.79. The number of amides is 1. The highest BCUT2D eigenvalue weighted by Gasteiger charge is 2.04. The van der Waals surface area contributed by atoms with Crippen molar-refractivity contribution in [2.45, 2.75) is 19.4 Å². The van der Waals surface area contributed by atoms with E-state index in [0.717, 1.165) is 29.2 Å². The highest BCUT2D eigenvalue weighted by Crippen LogP contribution is 2.23. The van der Waals surface area contributed by atoms with Gasteiger partial charge in [0, 0.05) is 23.9 Å². The summed E-state index contributed by atoms with van der Waals surface area (Å²) in [6.45, 7) is 1.38. The van der Waals surface area contributed by atoms with Crippen molar-refractivity contribution in [3.8, 4) is 10.6 Å². The maximum Gasteiger partial charge on any atom is 0.217 e. The number of aromatic nitrogens is 1. The van der Waals surface area contributed by atoms with Crippen LogP contribution in [0.4, 0.5) is 4.39 Å². The number of rotatable bonds is 7. The SMILES string of the molecule is NC(=O)CCCNCc1csc(-c2ccc(F)cc2)n1. The monoisotopic (exact) mass is 293 g/mol. The molecule has 0 bridgehead atoms. The van der Waals surface area contributed by atoms with Crippen molar-refractivity contribution < 1.29 is 9.18 Å². The van der Waals surface area contributed by atoms with Gasteiger partial charge in [0.05, 0.1) is 5.69 Å². The Labute approximate surface area is 120 Å². The molecule has 0 spiro atoms. The minimum atomic E-state index is -0.279. The molecule has 2 aromatic rings. The van der Waals surface area contributed by atoms with Crippen LogP contribution in [0.5, 0.6) is 0 Å². The van der Waals surface area contributed by atoms with E-state index < -0.39 is 0 Å². The second-order valence-electron chi connectivity index (χ2n) is 4.40. The summed E-state index contributed by atoms with van der Waals surface area (Å²) in [7, 11) is 0. The van der Waals surface area contributed by atoms with Gasteiger partial charge in [-0.25, -0.2) is 9.37 Å². The summed E-state index contributed by atoms with van der Waals surface area (Å²) in [6, 6.07) is 6.30. The summed E-state index contributed by atoms with van der Waals surface area (Å²) >= 11 is 1.53. The van der Waals surface area contributed by atoms with Crippen molar-refractivity contribution in [2.24, 2.45) is 5.73 Å². The lowest BCUT2D eigenvalue weighted by molar-refractivity contribution is -0.118. The number of primary amides is 1. The third kappa shape index (κ3) is 4.40. The molecule has 2 rings (SSSR count). The number of nitrogens with one attached hydrogen (secondary N) is 1. The fourth-order valence-electron chi connectivity index (χ4n) is 1.72. The van der Waals surface area contributed by atoms with Gasteiger partial charge >= 0.3 is 0 Å². The van der Waals surface area contributed by atoms with E-state index in [4.69, 9.17) is 5.73 Å². The van der Waals surface area contributed by atoms with Crippen LogP contribution in [0.25, 0.3) is 10.6 Å². The molecule has 106 valence electrons. The number of benzene rings is 1. The topological polar surface area (TPSA) is 68.0 Å². The van der Waals surface area contributed by atoms with Gasteiger partial charge in [-0.2, -0.15) is 0 Å². The van der Waals surface area contributed by atoms with Gasteiger partial charge < -0.3 is 11.1 Å². The van der Waals surface area contributed by atoms with Gasteiger partial charge in [-0.15, -0.1) is 11.3 Å². The van der Waals surface area contributed by atoms with Crippen molar-refractivity contribution in [1.82, 2.24) is 10.3 Å². The lowest BCUT2D eigenvalue weighted by Crippen LogP contribution is -2.18. The molecule has 0 fully saturated rings. The van der Waals surface area contributed by atoms with Crippen LogP contribution in [0.3, 0.4) is 0 Å². The Kier molecular flexibility index (Phi) is 5.20. The molecule has 3 N–H and O–H groups in total. The highest BCUT2D eigenvalue weighted by atomic mass is 32.1. The third-order valence-electron chi connectivity index (χ3n) is 2.73. The van der Waals surface area contributed by atoms with E-state index in [-0.39, 0.29) is 11.7 Å². The van der Waals surface area contributed by atoms with Crippen LogP contribution >= 0.6 is 11.3 Å². The van der Waals surface area contributed by atoms with E-state index in [1.54, 1.807) is 12.1 Å². The summed E-state index contributed by atoms with van der Waals surface area (Å²) in [5.41, 5.74) is 6.91. The number of nitrogens with zero attached hydrogens (tertiary/aromatic N) is 1. The third-order valence-corrected chi connectivity index (χ3v) is 3.67. The zero-order chi connectivity index (χ0) is 14.4. The maximum absolute atomic E-state index is 12.8. The first-order chi connectivity index (χ1) is 9.65. The Morgan fingerprint density at radius 2 is 2.10 bits per heavy atom. The second kappa shape index (κ2) is 7.12. The molecule has 0 aliphatic carbocycles. The lowest BCUT2D eigenvalue weighted by atomic mass is 10.2. The predicted octanol–water partition coefficient (Wildman–Crippen LogP) is 2.30. The van der Waals surface area contributed by atoms with E-state index in [2.05, 4.69) is 10.3 Å². The van der Waals surface area contributed by atoms with Crippen molar-refractivity contribution >= 4 is 17.2 Å². The average Bonchev–Trinajstić information content (AvgIpc) is 2.87. The molecule has 1 aromatic carbocycles. The Morgan fingerprint density at radius 3 is 2.80 bits per heavy atom. The second-order valence-corrected chi connectivity index (χ2v) is 5.26. The maximum atomic E-state index is 12.8. The largest absolute Gasteiger partial charge is 0.370 e. The molecule has 20 heavy (non-hydrogen) atoms. The molecule has 1 heterocycles. The molecule has 1 amide bonds. The quantitative estimate of drug-likeness (QED) is 0.770. The number of thiazole rings is 1. The zero-order valence-corrected chi connectivity index (χ0v) is 11.8. The fourth-order valence-corrected chi connectivity index (χ4v) is 2.54. The summed E-state index contributed by atoms with van der Waals surface area (Å²) < 4.78 is 12.8. The van der Waals surface area contributed by atoms with Gasteiger partial charge in [-0.3, -0.25) is 4.79 Å². The summed E-state index contributed by atoms with van der Waals surface area (Å²) in [4.78, 5) is 15.1. The van der Waals surface area contributed by atoms with E-state index in [0.29, 0.717) is 13.0 Å².